The Bertz CT molecular complexity index is 1020. The third-order valence-electron chi connectivity index (χ3n) is 4.96. The highest BCUT2D eigenvalue weighted by molar-refractivity contribution is 5.95. The molecule has 1 N–H and O–H groups in total. The fourth-order valence-corrected chi connectivity index (χ4v) is 3.59. The number of pyridine rings is 1. The monoisotopic (exact) mass is 332 g/mol. The first-order valence-corrected chi connectivity index (χ1v) is 8.63. The number of anilines is 1. The van der Waals surface area contributed by atoms with E-state index in [1.165, 1.54) is 5.56 Å². The first-order valence-electron chi connectivity index (χ1n) is 8.63. The summed E-state index contributed by atoms with van der Waals surface area (Å²) in [5.41, 5.74) is 4.71. The second-order valence-corrected chi connectivity index (χ2v) is 6.59. The summed E-state index contributed by atoms with van der Waals surface area (Å²) in [6.45, 7) is 2.71. The van der Waals surface area contributed by atoms with Gasteiger partial charge in [0.2, 0.25) is 5.91 Å². The molecule has 0 atom stereocenters. The Kier molecular flexibility index (Phi) is 3.88. The van der Waals surface area contributed by atoms with E-state index in [4.69, 9.17) is 0 Å². The number of para-hydroxylation sites is 2. The maximum Gasteiger partial charge on any atom is 0.251 e. The Morgan fingerprint density at radius 3 is 2.88 bits per heavy atom. The van der Waals surface area contributed by atoms with Gasteiger partial charge in [-0.15, -0.1) is 0 Å². The molecule has 0 aliphatic carbocycles. The van der Waals surface area contributed by atoms with Crippen LogP contribution in [-0.4, -0.2) is 17.4 Å². The van der Waals surface area contributed by atoms with Crippen LogP contribution in [0, 0.1) is 6.92 Å². The highest BCUT2D eigenvalue weighted by Gasteiger charge is 2.23. The number of hydrogen-bond acceptors (Lipinski definition) is 2. The van der Waals surface area contributed by atoms with Crippen molar-refractivity contribution in [1.29, 1.82) is 0 Å². The molecule has 2 heterocycles. The Morgan fingerprint density at radius 2 is 2.00 bits per heavy atom. The molecule has 0 saturated carbocycles. The fourth-order valence-electron chi connectivity index (χ4n) is 3.59. The first-order chi connectivity index (χ1) is 12.1. The Labute approximate surface area is 146 Å². The molecule has 0 bridgehead atoms. The van der Waals surface area contributed by atoms with Crippen LogP contribution in [0.25, 0.3) is 10.9 Å². The molecule has 1 aliphatic heterocycles. The van der Waals surface area contributed by atoms with Gasteiger partial charge in [0.25, 0.3) is 5.56 Å². The Balaban J connectivity index is 1.54. The lowest BCUT2D eigenvalue weighted by Gasteiger charge is -2.17. The third kappa shape index (κ3) is 2.84. The van der Waals surface area contributed by atoms with Crippen molar-refractivity contribution in [3.8, 4) is 0 Å². The van der Waals surface area contributed by atoms with Gasteiger partial charge in [0, 0.05) is 24.2 Å². The number of carbonyl (C=O) groups excluding carboxylic acids is 1. The van der Waals surface area contributed by atoms with Crippen molar-refractivity contribution in [2.45, 2.75) is 26.2 Å². The number of carbonyl (C=O) groups is 1. The predicted octanol–water partition coefficient (Wildman–Crippen LogP) is 3.36. The van der Waals surface area contributed by atoms with Gasteiger partial charge in [-0.25, -0.2) is 0 Å². The number of nitrogens with one attached hydrogen (secondary N) is 1. The van der Waals surface area contributed by atoms with Crippen LogP contribution in [-0.2, 0) is 17.6 Å². The van der Waals surface area contributed by atoms with Crippen LogP contribution < -0.4 is 10.5 Å². The van der Waals surface area contributed by atoms with E-state index in [1.807, 2.05) is 54.3 Å². The largest absolute Gasteiger partial charge is 0.321 e. The second kappa shape index (κ2) is 6.20. The number of aromatic amines is 1. The van der Waals surface area contributed by atoms with E-state index >= 15 is 0 Å². The average molecular weight is 332 g/mol. The number of H-pyrrole nitrogens is 1. The van der Waals surface area contributed by atoms with Crippen molar-refractivity contribution in [2.24, 2.45) is 0 Å². The smallest absolute Gasteiger partial charge is 0.251 e. The standard InChI is InChI=1S/C21H20N2O2/c1-14-5-4-7-16-13-17(21(25)22-20(14)16)9-10-19(24)23-12-11-15-6-2-3-8-18(15)23/h2-8,13H,9-12H2,1H3,(H,22,25). The summed E-state index contributed by atoms with van der Waals surface area (Å²) in [5.74, 6) is 0.0775. The molecule has 1 amide bonds. The van der Waals surface area contributed by atoms with E-state index in [2.05, 4.69) is 11.1 Å². The van der Waals surface area contributed by atoms with Crippen LogP contribution in [0.4, 0.5) is 5.69 Å². The lowest BCUT2D eigenvalue weighted by atomic mass is 10.1. The van der Waals surface area contributed by atoms with E-state index < -0.39 is 0 Å². The number of amides is 1. The molecule has 1 aromatic heterocycles. The van der Waals surface area contributed by atoms with Gasteiger partial charge in [-0.3, -0.25) is 9.59 Å². The minimum absolute atomic E-state index is 0.0775. The van der Waals surface area contributed by atoms with Crippen molar-refractivity contribution in [3.05, 3.63) is 75.6 Å². The zero-order valence-corrected chi connectivity index (χ0v) is 14.2. The number of fused-ring (bicyclic) bond motifs is 2. The van der Waals surface area contributed by atoms with Gasteiger partial charge in [0.15, 0.2) is 0 Å². The van der Waals surface area contributed by atoms with Gasteiger partial charge in [-0.1, -0.05) is 36.4 Å². The third-order valence-corrected chi connectivity index (χ3v) is 4.96. The van der Waals surface area contributed by atoms with Gasteiger partial charge in [0.1, 0.15) is 0 Å². The van der Waals surface area contributed by atoms with Crippen molar-refractivity contribution in [3.63, 3.8) is 0 Å². The van der Waals surface area contributed by atoms with Gasteiger partial charge in [0.05, 0.1) is 5.52 Å². The number of hydrogen-bond donors (Lipinski definition) is 1. The zero-order valence-electron chi connectivity index (χ0n) is 14.2. The van der Waals surface area contributed by atoms with E-state index in [0.717, 1.165) is 35.1 Å². The molecule has 2 aromatic carbocycles. The van der Waals surface area contributed by atoms with Crippen molar-refractivity contribution in [2.75, 3.05) is 11.4 Å². The molecular formula is C21H20N2O2. The summed E-state index contributed by atoms with van der Waals surface area (Å²) >= 11 is 0. The molecular weight excluding hydrogens is 312 g/mol. The Hall–Kier alpha value is -2.88. The SMILES string of the molecule is Cc1cccc2cc(CCC(=O)N3CCc4ccccc43)c(=O)[nH]c12. The summed E-state index contributed by atoms with van der Waals surface area (Å²) < 4.78 is 0. The average Bonchev–Trinajstić information content (AvgIpc) is 3.05. The van der Waals surface area contributed by atoms with E-state index in [0.29, 0.717) is 18.4 Å². The van der Waals surface area contributed by atoms with Crippen molar-refractivity contribution < 1.29 is 4.79 Å². The van der Waals surface area contributed by atoms with Gasteiger partial charge < -0.3 is 9.88 Å². The lowest BCUT2D eigenvalue weighted by Crippen LogP contribution is -2.29. The topological polar surface area (TPSA) is 53.2 Å². The lowest BCUT2D eigenvalue weighted by molar-refractivity contribution is -0.118. The van der Waals surface area contributed by atoms with E-state index in [1.54, 1.807) is 0 Å². The highest BCUT2D eigenvalue weighted by Crippen LogP contribution is 2.28. The Morgan fingerprint density at radius 1 is 1.16 bits per heavy atom. The molecule has 3 aromatic rings. The number of nitrogens with zero attached hydrogens (tertiary/aromatic N) is 1. The van der Waals surface area contributed by atoms with Crippen LogP contribution >= 0.6 is 0 Å². The summed E-state index contributed by atoms with van der Waals surface area (Å²) in [5, 5.41) is 1.01. The van der Waals surface area contributed by atoms with Crippen LogP contribution in [0.3, 0.4) is 0 Å². The van der Waals surface area contributed by atoms with Crippen LogP contribution in [0.2, 0.25) is 0 Å². The van der Waals surface area contributed by atoms with Crippen LogP contribution in [0.1, 0.15) is 23.1 Å². The summed E-state index contributed by atoms with van der Waals surface area (Å²) in [6.07, 6.45) is 1.70. The number of aryl methyl sites for hydroxylation is 2. The number of aromatic nitrogens is 1. The summed E-state index contributed by atoms with van der Waals surface area (Å²) in [6, 6.07) is 15.9. The van der Waals surface area contributed by atoms with Gasteiger partial charge in [-0.2, -0.15) is 0 Å². The zero-order chi connectivity index (χ0) is 17.4. The molecule has 4 heteroatoms. The molecule has 0 radical (unpaired) electrons. The molecule has 1 aliphatic rings. The minimum atomic E-state index is -0.101. The maximum absolute atomic E-state index is 12.6. The van der Waals surface area contributed by atoms with Gasteiger partial charge >= 0.3 is 0 Å². The molecule has 0 spiro atoms. The van der Waals surface area contributed by atoms with Crippen LogP contribution in [0.5, 0.6) is 0 Å². The normalized spacial score (nSPS) is 13.2. The quantitative estimate of drug-likeness (QED) is 0.799. The second-order valence-electron chi connectivity index (χ2n) is 6.59. The number of rotatable bonds is 3. The van der Waals surface area contributed by atoms with Crippen LogP contribution in [0.15, 0.2) is 53.3 Å². The van der Waals surface area contributed by atoms with Gasteiger partial charge in [-0.05, 0) is 48.4 Å². The minimum Gasteiger partial charge on any atom is -0.321 e. The molecule has 4 rings (SSSR count). The fraction of sp³-hybridized carbons (Fsp3) is 0.238. The van der Waals surface area contributed by atoms with Crippen molar-refractivity contribution >= 4 is 22.5 Å². The first kappa shape index (κ1) is 15.6. The molecule has 25 heavy (non-hydrogen) atoms. The maximum atomic E-state index is 12.6. The number of benzene rings is 2. The van der Waals surface area contributed by atoms with E-state index in [9.17, 15) is 9.59 Å². The van der Waals surface area contributed by atoms with Crippen molar-refractivity contribution in [1.82, 2.24) is 4.98 Å². The predicted molar refractivity (Wildman–Crippen MR) is 100 cm³/mol. The molecule has 0 fully saturated rings. The molecule has 0 saturated heterocycles. The highest BCUT2D eigenvalue weighted by atomic mass is 16.2. The molecule has 0 unspecified atom stereocenters. The molecule has 126 valence electrons. The summed E-state index contributed by atoms with van der Waals surface area (Å²) in [7, 11) is 0. The van der Waals surface area contributed by atoms with E-state index in [-0.39, 0.29) is 11.5 Å². The molecule has 4 nitrogen and oxygen atoms in total. The summed E-state index contributed by atoms with van der Waals surface area (Å²) in [4.78, 5) is 29.8.